The smallest absolute Gasteiger partial charge is 0.309 e. The number of hydrogen-bond acceptors (Lipinski definition) is 3. The van der Waals surface area contributed by atoms with E-state index < -0.39 is 21.2 Å². The topological polar surface area (TPSA) is 71.4 Å². The van der Waals surface area contributed by atoms with E-state index in [-0.39, 0.29) is 22.1 Å². The van der Waals surface area contributed by atoms with Gasteiger partial charge in [-0.15, -0.1) is 0 Å². The van der Waals surface area contributed by atoms with E-state index in [1.54, 1.807) is 12.1 Å². The van der Waals surface area contributed by atoms with Crippen LogP contribution in [0.3, 0.4) is 0 Å². The molecule has 98 valence electrons. The summed E-state index contributed by atoms with van der Waals surface area (Å²) >= 11 is 5.84. The lowest BCUT2D eigenvalue weighted by Crippen LogP contribution is -2.19. The molecule has 1 aliphatic rings. The van der Waals surface area contributed by atoms with E-state index >= 15 is 0 Å². The van der Waals surface area contributed by atoms with E-state index in [1.165, 1.54) is 12.1 Å². The molecule has 1 N–H and O–H groups in total. The number of aliphatic carboxylic acids is 1. The van der Waals surface area contributed by atoms with Gasteiger partial charge in [0.25, 0.3) is 0 Å². The molecule has 6 heteroatoms. The molecule has 1 aromatic carbocycles. The normalized spacial score (nSPS) is 17.4. The molecule has 1 saturated carbocycles. The van der Waals surface area contributed by atoms with Gasteiger partial charge in [0.2, 0.25) is 0 Å². The number of carboxylic acid groups (broad SMARTS) is 1. The van der Waals surface area contributed by atoms with Crippen molar-refractivity contribution in [2.75, 3.05) is 5.75 Å². The first kappa shape index (κ1) is 13.4. The SMILES string of the molecule is O=C(O)C1(CCS(=O)(=O)c2ccccc2Cl)CC1. The zero-order valence-electron chi connectivity index (χ0n) is 9.60. The summed E-state index contributed by atoms with van der Waals surface area (Å²) in [4.78, 5) is 11.1. The lowest BCUT2D eigenvalue weighted by atomic mass is 10.1. The Morgan fingerprint density at radius 3 is 2.44 bits per heavy atom. The number of hydrogen-bond donors (Lipinski definition) is 1. The van der Waals surface area contributed by atoms with Gasteiger partial charge in [0.05, 0.1) is 21.1 Å². The summed E-state index contributed by atoms with van der Waals surface area (Å²) < 4.78 is 24.1. The highest BCUT2D eigenvalue weighted by atomic mass is 35.5. The van der Waals surface area contributed by atoms with Crippen LogP contribution >= 0.6 is 11.6 Å². The van der Waals surface area contributed by atoms with Gasteiger partial charge in [0.15, 0.2) is 9.84 Å². The second-order valence-electron chi connectivity index (χ2n) is 4.58. The van der Waals surface area contributed by atoms with Crippen LogP contribution in [0.4, 0.5) is 0 Å². The molecule has 0 amide bonds. The fourth-order valence-corrected chi connectivity index (χ4v) is 3.88. The van der Waals surface area contributed by atoms with Crippen LogP contribution in [0.1, 0.15) is 19.3 Å². The van der Waals surface area contributed by atoms with Crippen LogP contribution in [0.25, 0.3) is 0 Å². The van der Waals surface area contributed by atoms with E-state index in [4.69, 9.17) is 16.7 Å². The van der Waals surface area contributed by atoms with Crippen molar-refractivity contribution in [1.29, 1.82) is 0 Å². The van der Waals surface area contributed by atoms with Crippen LogP contribution in [0, 0.1) is 5.41 Å². The van der Waals surface area contributed by atoms with E-state index in [1.807, 2.05) is 0 Å². The van der Waals surface area contributed by atoms with E-state index in [9.17, 15) is 13.2 Å². The summed E-state index contributed by atoms with van der Waals surface area (Å²) in [6.07, 6.45) is 1.26. The van der Waals surface area contributed by atoms with Crippen molar-refractivity contribution in [3.8, 4) is 0 Å². The quantitative estimate of drug-likeness (QED) is 0.903. The van der Waals surface area contributed by atoms with Gasteiger partial charge >= 0.3 is 5.97 Å². The van der Waals surface area contributed by atoms with Gasteiger partial charge < -0.3 is 5.11 Å². The summed E-state index contributed by atoms with van der Waals surface area (Å²) in [5.74, 6) is -1.08. The third-order valence-corrected chi connectivity index (χ3v) is 5.54. The van der Waals surface area contributed by atoms with Crippen molar-refractivity contribution in [2.45, 2.75) is 24.2 Å². The van der Waals surface area contributed by atoms with Gasteiger partial charge in [-0.2, -0.15) is 0 Å². The minimum absolute atomic E-state index is 0.0767. The predicted molar refractivity (Wildman–Crippen MR) is 67.4 cm³/mol. The highest BCUT2D eigenvalue weighted by Gasteiger charge is 2.50. The van der Waals surface area contributed by atoms with Crippen molar-refractivity contribution >= 4 is 27.4 Å². The van der Waals surface area contributed by atoms with Crippen molar-refractivity contribution in [1.82, 2.24) is 0 Å². The van der Waals surface area contributed by atoms with E-state index in [2.05, 4.69) is 0 Å². The van der Waals surface area contributed by atoms with Gasteiger partial charge in [-0.05, 0) is 31.4 Å². The molecule has 0 aromatic heterocycles. The van der Waals surface area contributed by atoms with Crippen molar-refractivity contribution in [3.63, 3.8) is 0 Å². The molecule has 0 atom stereocenters. The summed E-state index contributed by atoms with van der Waals surface area (Å²) in [6, 6.07) is 6.21. The van der Waals surface area contributed by atoms with Crippen LogP contribution in [-0.2, 0) is 14.6 Å². The summed E-state index contributed by atoms with van der Waals surface area (Å²) in [5, 5.41) is 9.18. The van der Waals surface area contributed by atoms with Crippen LogP contribution in [0.2, 0.25) is 5.02 Å². The third-order valence-electron chi connectivity index (χ3n) is 3.33. The molecule has 0 heterocycles. The van der Waals surface area contributed by atoms with Crippen LogP contribution < -0.4 is 0 Å². The first-order valence-electron chi connectivity index (χ1n) is 5.58. The standard InChI is InChI=1S/C12H13ClO4S/c13-9-3-1-2-4-10(9)18(16,17)8-7-12(5-6-12)11(14)15/h1-4H,5-8H2,(H,14,15). The maximum Gasteiger partial charge on any atom is 0.309 e. The minimum atomic E-state index is -3.51. The van der Waals surface area contributed by atoms with Crippen molar-refractivity contribution in [3.05, 3.63) is 29.3 Å². The highest BCUT2D eigenvalue weighted by Crippen LogP contribution is 2.49. The summed E-state index contributed by atoms with van der Waals surface area (Å²) in [5.41, 5.74) is -0.825. The maximum absolute atomic E-state index is 12.1. The molecule has 0 bridgehead atoms. The Morgan fingerprint density at radius 1 is 1.33 bits per heavy atom. The Kier molecular flexibility index (Phi) is 3.38. The number of carboxylic acids is 1. The fourth-order valence-electron chi connectivity index (χ4n) is 1.86. The maximum atomic E-state index is 12.1. The number of sulfone groups is 1. The Labute approximate surface area is 110 Å². The summed E-state index contributed by atoms with van der Waals surface area (Å²) in [7, 11) is -3.51. The molecular formula is C12H13ClO4S. The van der Waals surface area contributed by atoms with Gasteiger partial charge in [-0.3, -0.25) is 4.79 Å². The molecule has 0 spiro atoms. The summed E-state index contributed by atoms with van der Waals surface area (Å²) in [6.45, 7) is 0. The average molecular weight is 289 g/mol. The Hall–Kier alpha value is -1.07. The molecule has 1 aromatic rings. The Balaban J connectivity index is 2.14. The largest absolute Gasteiger partial charge is 0.481 e. The molecule has 0 unspecified atom stereocenters. The van der Waals surface area contributed by atoms with Gasteiger partial charge in [0.1, 0.15) is 0 Å². The number of benzene rings is 1. The number of rotatable bonds is 5. The molecule has 18 heavy (non-hydrogen) atoms. The van der Waals surface area contributed by atoms with Crippen LogP contribution in [0.15, 0.2) is 29.2 Å². The van der Waals surface area contributed by atoms with Gasteiger partial charge in [-0.25, -0.2) is 8.42 Å². The Morgan fingerprint density at radius 2 is 1.94 bits per heavy atom. The average Bonchev–Trinajstić information content (AvgIpc) is 3.08. The molecule has 0 radical (unpaired) electrons. The van der Waals surface area contributed by atoms with Gasteiger partial charge in [-0.1, -0.05) is 23.7 Å². The molecule has 1 aliphatic carbocycles. The van der Waals surface area contributed by atoms with Crippen LogP contribution in [0.5, 0.6) is 0 Å². The van der Waals surface area contributed by atoms with Crippen LogP contribution in [-0.4, -0.2) is 25.2 Å². The lowest BCUT2D eigenvalue weighted by molar-refractivity contribution is -0.143. The second-order valence-corrected chi connectivity index (χ2v) is 7.07. The third kappa shape index (κ3) is 2.52. The molecule has 1 fully saturated rings. The first-order chi connectivity index (χ1) is 8.37. The predicted octanol–water partition coefficient (Wildman–Crippen LogP) is 2.37. The number of halogens is 1. The van der Waals surface area contributed by atoms with Crippen molar-refractivity contribution in [2.24, 2.45) is 5.41 Å². The molecule has 4 nitrogen and oxygen atoms in total. The van der Waals surface area contributed by atoms with E-state index in [0.717, 1.165) is 0 Å². The van der Waals surface area contributed by atoms with Crippen molar-refractivity contribution < 1.29 is 18.3 Å². The molecule has 0 aliphatic heterocycles. The molecular weight excluding hydrogens is 276 g/mol. The molecule has 2 rings (SSSR count). The minimum Gasteiger partial charge on any atom is -0.481 e. The number of carbonyl (C=O) groups is 1. The highest BCUT2D eigenvalue weighted by molar-refractivity contribution is 7.91. The van der Waals surface area contributed by atoms with E-state index in [0.29, 0.717) is 12.8 Å². The monoisotopic (exact) mass is 288 g/mol. The fraction of sp³-hybridized carbons (Fsp3) is 0.417. The zero-order chi connectivity index (χ0) is 13.4. The Bertz CT molecular complexity index is 575. The lowest BCUT2D eigenvalue weighted by Gasteiger charge is -2.10. The molecule has 0 saturated heterocycles. The first-order valence-corrected chi connectivity index (χ1v) is 7.61. The zero-order valence-corrected chi connectivity index (χ0v) is 11.2. The second kappa shape index (κ2) is 4.55. The van der Waals surface area contributed by atoms with Gasteiger partial charge in [0, 0.05) is 0 Å².